The lowest BCUT2D eigenvalue weighted by atomic mass is 10.1. The van der Waals surface area contributed by atoms with Crippen LogP contribution in [-0.2, 0) is 25.6 Å². The third-order valence-electron chi connectivity index (χ3n) is 5.84. The zero-order valence-electron chi connectivity index (χ0n) is 22.5. The lowest BCUT2D eigenvalue weighted by Gasteiger charge is -2.25. The third kappa shape index (κ3) is 7.11. The van der Waals surface area contributed by atoms with Gasteiger partial charge in [-0.15, -0.1) is 0 Å². The Morgan fingerprint density at radius 3 is 2.32 bits per heavy atom. The molecule has 1 aromatic carbocycles. The number of alkyl halides is 2. The third-order valence-corrected chi connectivity index (χ3v) is 5.84. The summed E-state index contributed by atoms with van der Waals surface area (Å²) in [6.45, 7) is 8.83. The summed E-state index contributed by atoms with van der Waals surface area (Å²) in [6.07, 6.45) is -2.62. The van der Waals surface area contributed by atoms with E-state index in [1.165, 1.54) is 23.1 Å². The molecule has 2 heterocycles. The number of likely N-dealkylation sites (tertiary alicyclic amines) is 1. The first-order chi connectivity index (χ1) is 17.4. The molecule has 2 atom stereocenters. The van der Waals surface area contributed by atoms with Crippen molar-refractivity contribution in [1.29, 1.82) is 0 Å². The quantitative estimate of drug-likeness (QED) is 0.527. The number of carbonyl (C=O) groups is 4. The van der Waals surface area contributed by atoms with E-state index in [1.54, 1.807) is 41.5 Å². The summed E-state index contributed by atoms with van der Waals surface area (Å²) in [4.78, 5) is 51.7. The zero-order valence-corrected chi connectivity index (χ0v) is 22.5. The molecule has 1 aromatic rings. The Morgan fingerprint density at radius 1 is 1.11 bits per heavy atom. The van der Waals surface area contributed by atoms with Gasteiger partial charge in [-0.25, -0.2) is 13.6 Å². The number of primary amides is 1. The van der Waals surface area contributed by atoms with E-state index in [-0.39, 0.29) is 37.2 Å². The number of hydrogen-bond donors (Lipinski definition) is 1. The molecule has 3 amide bonds. The second-order valence-corrected chi connectivity index (χ2v) is 11.5. The molecule has 0 radical (unpaired) electrons. The minimum absolute atomic E-state index is 0.0155. The van der Waals surface area contributed by atoms with Crippen LogP contribution < -0.4 is 10.5 Å². The molecule has 0 bridgehead atoms. The molecule has 10 nitrogen and oxygen atoms in total. The van der Waals surface area contributed by atoms with E-state index >= 15 is 0 Å². The van der Waals surface area contributed by atoms with Gasteiger partial charge in [0.15, 0.2) is 6.10 Å². The van der Waals surface area contributed by atoms with Gasteiger partial charge in [0.1, 0.15) is 23.0 Å². The Bertz CT molecular complexity index is 1110. The molecule has 210 valence electrons. The van der Waals surface area contributed by atoms with Gasteiger partial charge < -0.3 is 24.8 Å². The molecule has 0 aliphatic carbocycles. The molecule has 0 unspecified atom stereocenters. The van der Waals surface area contributed by atoms with Crippen LogP contribution in [0.15, 0.2) is 18.2 Å². The first-order valence-electron chi connectivity index (χ1n) is 12.3. The van der Waals surface area contributed by atoms with Gasteiger partial charge in [0.2, 0.25) is 5.91 Å². The van der Waals surface area contributed by atoms with Gasteiger partial charge in [-0.05, 0) is 71.7 Å². The highest BCUT2D eigenvalue weighted by atomic mass is 19.3. The van der Waals surface area contributed by atoms with Crippen molar-refractivity contribution in [2.75, 3.05) is 13.1 Å². The van der Waals surface area contributed by atoms with E-state index in [1.807, 2.05) is 0 Å². The standard InChI is InChI=1S/C26H35F2N3O7/c1-24(2,3)37-20(32)10-9-18(21(29)33)31-12-15-11-16(7-8-17(15)22(31)34)36-19-13-30(14-26(19,27)28)23(35)38-25(4,5)6/h7-8,11,18-19H,9-10,12-14H2,1-6H3,(H2,29,33)/t18-,19+/m0/s1. The average molecular weight is 540 g/mol. The number of esters is 1. The predicted octanol–water partition coefficient (Wildman–Crippen LogP) is 3.25. The fourth-order valence-electron chi connectivity index (χ4n) is 4.25. The van der Waals surface area contributed by atoms with Crippen molar-refractivity contribution in [2.24, 2.45) is 5.73 Å². The van der Waals surface area contributed by atoms with E-state index in [2.05, 4.69) is 0 Å². The largest absolute Gasteiger partial charge is 0.482 e. The van der Waals surface area contributed by atoms with Gasteiger partial charge in [-0.1, -0.05) is 0 Å². The molecule has 1 saturated heterocycles. The second-order valence-electron chi connectivity index (χ2n) is 11.5. The van der Waals surface area contributed by atoms with Crippen LogP contribution in [0.2, 0.25) is 0 Å². The Balaban J connectivity index is 1.69. The fraction of sp³-hybridized carbons (Fsp3) is 0.615. The summed E-state index contributed by atoms with van der Waals surface area (Å²) in [5, 5.41) is 0. The second kappa shape index (κ2) is 10.4. The van der Waals surface area contributed by atoms with E-state index < -0.39 is 59.7 Å². The van der Waals surface area contributed by atoms with Crippen LogP contribution in [0.4, 0.5) is 13.6 Å². The molecule has 0 spiro atoms. The van der Waals surface area contributed by atoms with Crippen molar-refractivity contribution in [3.8, 4) is 5.75 Å². The number of benzene rings is 1. The number of halogens is 2. The maximum Gasteiger partial charge on any atom is 0.410 e. The molecule has 2 aliphatic heterocycles. The summed E-state index contributed by atoms with van der Waals surface area (Å²) in [7, 11) is 0. The van der Waals surface area contributed by atoms with Crippen LogP contribution >= 0.6 is 0 Å². The number of nitrogens with two attached hydrogens (primary N) is 1. The van der Waals surface area contributed by atoms with E-state index in [0.29, 0.717) is 5.56 Å². The number of ether oxygens (including phenoxy) is 3. The lowest BCUT2D eigenvalue weighted by Crippen LogP contribution is -2.45. The van der Waals surface area contributed by atoms with Crippen molar-refractivity contribution in [3.63, 3.8) is 0 Å². The van der Waals surface area contributed by atoms with Gasteiger partial charge in [-0.3, -0.25) is 19.3 Å². The molecular formula is C26H35F2N3O7. The predicted molar refractivity (Wildman–Crippen MR) is 132 cm³/mol. The number of rotatable bonds is 7. The van der Waals surface area contributed by atoms with Crippen molar-refractivity contribution >= 4 is 23.9 Å². The van der Waals surface area contributed by atoms with Crippen LogP contribution in [0.3, 0.4) is 0 Å². The molecule has 1 fully saturated rings. The lowest BCUT2D eigenvalue weighted by molar-refractivity contribution is -0.155. The highest BCUT2D eigenvalue weighted by molar-refractivity contribution is 6.01. The summed E-state index contributed by atoms with van der Waals surface area (Å²) < 4.78 is 45.3. The Morgan fingerprint density at radius 2 is 1.74 bits per heavy atom. The first-order valence-corrected chi connectivity index (χ1v) is 12.3. The molecule has 0 saturated carbocycles. The zero-order chi connectivity index (χ0) is 28.6. The number of hydrogen-bond acceptors (Lipinski definition) is 7. The molecule has 0 aromatic heterocycles. The summed E-state index contributed by atoms with van der Waals surface area (Å²) in [6, 6.07) is 3.20. The van der Waals surface area contributed by atoms with Crippen LogP contribution in [0, 0.1) is 0 Å². The van der Waals surface area contributed by atoms with Gasteiger partial charge in [0, 0.05) is 18.5 Å². The monoisotopic (exact) mass is 539 g/mol. The van der Waals surface area contributed by atoms with Gasteiger partial charge in [-0.2, -0.15) is 0 Å². The molecule has 2 aliphatic rings. The van der Waals surface area contributed by atoms with Gasteiger partial charge in [0.05, 0.1) is 13.1 Å². The maximum absolute atomic E-state index is 14.7. The van der Waals surface area contributed by atoms with Crippen molar-refractivity contribution in [1.82, 2.24) is 9.80 Å². The van der Waals surface area contributed by atoms with Crippen molar-refractivity contribution in [2.45, 2.75) is 90.2 Å². The van der Waals surface area contributed by atoms with Crippen LogP contribution in [0.25, 0.3) is 0 Å². The highest BCUT2D eigenvalue weighted by Gasteiger charge is 2.52. The van der Waals surface area contributed by atoms with Crippen LogP contribution in [-0.4, -0.2) is 76.0 Å². The van der Waals surface area contributed by atoms with Gasteiger partial charge >= 0.3 is 18.0 Å². The molecular weight excluding hydrogens is 504 g/mol. The minimum Gasteiger partial charge on any atom is -0.482 e. The summed E-state index contributed by atoms with van der Waals surface area (Å²) in [5.41, 5.74) is 4.74. The SMILES string of the molecule is CC(C)(C)OC(=O)CC[C@@H](C(N)=O)N1Cc2cc(O[C@@H]3CN(C(=O)OC(C)(C)C)CC3(F)F)ccc2C1=O. The van der Waals surface area contributed by atoms with E-state index in [0.717, 1.165) is 4.90 Å². The van der Waals surface area contributed by atoms with E-state index in [4.69, 9.17) is 19.9 Å². The number of nitrogens with zero attached hydrogens (tertiary/aromatic N) is 2. The number of carbonyl (C=O) groups excluding carboxylic acids is 4. The summed E-state index contributed by atoms with van der Waals surface area (Å²) in [5.74, 6) is -5.02. The Hall–Kier alpha value is -3.44. The van der Waals surface area contributed by atoms with Crippen LogP contribution in [0.5, 0.6) is 5.75 Å². The topological polar surface area (TPSA) is 128 Å². The normalized spacial score (nSPS) is 19.7. The molecule has 38 heavy (non-hydrogen) atoms. The Kier molecular flexibility index (Phi) is 7.95. The number of fused-ring (bicyclic) bond motifs is 1. The van der Waals surface area contributed by atoms with E-state index in [9.17, 15) is 28.0 Å². The number of amides is 3. The summed E-state index contributed by atoms with van der Waals surface area (Å²) >= 11 is 0. The van der Waals surface area contributed by atoms with Crippen LogP contribution in [0.1, 0.15) is 70.3 Å². The van der Waals surface area contributed by atoms with Crippen molar-refractivity contribution < 1.29 is 42.2 Å². The molecule has 3 rings (SSSR count). The smallest absolute Gasteiger partial charge is 0.410 e. The molecule has 2 N–H and O–H groups in total. The highest BCUT2D eigenvalue weighted by Crippen LogP contribution is 2.34. The maximum atomic E-state index is 14.7. The fourth-order valence-corrected chi connectivity index (χ4v) is 4.25. The first kappa shape index (κ1) is 29.1. The van der Waals surface area contributed by atoms with Gasteiger partial charge in [0.25, 0.3) is 5.91 Å². The average Bonchev–Trinajstić information content (AvgIpc) is 3.21. The molecule has 12 heteroatoms. The Labute approximate surface area is 220 Å². The minimum atomic E-state index is -3.32. The van der Waals surface area contributed by atoms with Crippen molar-refractivity contribution in [3.05, 3.63) is 29.3 Å².